The van der Waals surface area contributed by atoms with Gasteiger partial charge < -0.3 is 20.2 Å². The lowest BCUT2D eigenvalue weighted by Gasteiger charge is -2.30. The van der Waals surface area contributed by atoms with Crippen molar-refractivity contribution in [1.82, 2.24) is 4.90 Å². The third-order valence-corrected chi connectivity index (χ3v) is 7.60. The minimum Gasteiger partial charge on any atom is -0.506 e. The quantitative estimate of drug-likeness (QED) is 0.568. The number of nitrogens with zero attached hydrogens (tertiary/aromatic N) is 3. The van der Waals surface area contributed by atoms with E-state index in [1.54, 1.807) is 0 Å². The molecule has 0 bridgehead atoms. The summed E-state index contributed by atoms with van der Waals surface area (Å²) in [7, 11) is 0. The van der Waals surface area contributed by atoms with Crippen LogP contribution in [0.1, 0.15) is 57.6 Å². The van der Waals surface area contributed by atoms with Crippen LogP contribution in [0.3, 0.4) is 0 Å². The van der Waals surface area contributed by atoms with Crippen molar-refractivity contribution in [3.8, 4) is 0 Å². The summed E-state index contributed by atoms with van der Waals surface area (Å²) < 4.78 is 0. The monoisotopic (exact) mass is 514 g/mol. The number of hydrogen-bond acceptors (Lipinski definition) is 6. The number of nitrogens with one attached hydrogen (secondary N) is 1. The highest BCUT2D eigenvalue weighted by molar-refractivity contribution is 6.42. The van der Waals surface area contributed by atoms with E-state index in [2.05, 4.69) is 20.1 Å². The lowest BCUT2D eigenvalue weighted by molar-refractivity contribution is -0.116. The van der Waals surface area contributed by atoms with E-state index >= 15 is 0 Å². The van der Waals surface area contributed by atoms with Gasteiger partial charge in [-0.05, 0) is 75.0 Å². The van der Waals surface area contributed by atoms with Crippen LogP contribution in [0.15, 0.2) is 57.5 Å². The fraction of sp³-hybridized carbons (Fsp3) is 0.400. The van der Waals surface area contributed by atoms with Gasteiger partial charge in [0.1, 0.15) is 5.76 Å². The third kappa shape index (κ3) is 4.59. The zero-order chi connectivity index (χ0) is 27.1. The maximum absolute atomic E-state index is 13.6. The number of Topliss-reactive ketones (excluding diaryl/α,β-unsaturated/α-hetero) is 1. The Morgan fingerprint density at radius 2 is 1.55 bits per heavy atom. The molecule has 0 aromatic heterocycles. The topological polar surface area (TPSA) is 102 Å². The Bertz CT molecular complexity index is 1400. The molecule has 1 aromatic carbocycles. The first kappa shape index (κ1) is 25.7. The first-order chi connectivity index (χ1) is 18.2. The van der Waals surface area contributed by atoms with Crippen molar-refractivity contribution >= 4 is 40.3 Å². The molecule has 198 valence electrons. The van der Waals surface area contributed by atoms with Crippen LogP contribution in [-0.4, -0.2) is 59.5 Å². The lowest BCUT2D eigenvalue weighted by atomic mass is 9.77. The molecule has 2 amide bonds. The van der Waals surface area contributed by atoms with Crippen molar-refractivity contribution in [3.05, 3.63) is 63.6 Å². The summed E-state index contributed by atoms with van der Waals surface area (Å²) >= 11 is 0. The molecule has 4 aliphatic rings. The minimum absolute atomic E-state index is 0.145. The van der Waals surface area contributed by atoms with E-state index in [9.17, 15) is 19.5 Å². The molecular weight excluding hydrogens is 480 g/mol. The number of likely N-dealkylation sites (tertiary alicyclic amines) is 1. The second kappa shape index (κ2) is 10.1. The number of aliphatic imine (C=N–C) groups is 1. The number of benzene rings is 1. The summed E-state index contributed by atoms with van der Waals surface area (Å²) in [5, 5.41) is 14.1. The molecule has 2 saturated heterocycles. The Morgan fingerprint density at radius 3 is 2.13 bits per heavy atom. The molecule has 2 aliphatic heterocycles. The minimum atomic E-state index is -0.375. The Balaban J connectivity index is 1.61. The van der Waals surface area contributed by atoms with E-state index in [0.717, 1.165) is 74.4 Å². The highest BCUT2D eigenvalue weighted by Crippen LogP contribution is 2.44. The maximum Gasteiger partial charge on any atom is 0.243 e. The molecule has 0 unspecified atom stereocenters. The van der Waals surface area contributed by atoms with Crippen LogP contribution < -0.4 is 10.2 Å². The Kier molecular flexibility index (Phi) is 6.82. The molecule has 1 aromatic rings. The number of amides is 2. The number of allylic oxidation sites excluding steroid dienone is 6. The molecule has 0 saturated carbocycles. The zero-order valence-corrected chi connectivity index (χ0v) is 22.5. The predicted octanol–water partition coefficient (Wildman–Crippen LogP) is 4.63. The van der Waals surface area contributed by atoms with E-state index in [4.69, 9.17) is 0 Å². The molecule has 0 atom stereocenters. The Labute approximate surface area is 223 Å². The van der Waals surface area contributed by atoms with Gasteiger partial charge in [-0.1, -0.05) is 0 Å². The van der Waals surface area contributed by atoms with Crippen LogP contribution in [0.25, 0.3) is 5.57 Å². The zero-order valence-electron chi connectivity index (χ0n) is 22.5. The van der Waals surface area contributed by atoms with Crippen LogP contribution in [0, 0.1) is 6.92 Å². The fourth-order valence-electron chi connectivity index (χ4n) is 5.84. The van der Waals surface area contributed by atoms with Crippen LogP contribution in [0.4, 0.5) is 11.4 Å². The number of hydrogen-bond donors (Lipinski definition) is 2. The molecule has 2 heterocycles. The summed E-state index contributed by atoms with van der Waals surface area (Å²) in [4.78, 5) is 46.4. The molecule has 0 radical (unpaired) electrons. The third-order valence-electron chi connectivity index (χ3n) is 7.60. The summed E-state index contributed by atoms with van der Waals surface area (Å²) in [5.74, 6) is -1.12. The van der Waals surface area contributed by atoms with Gasteiger partial charge in [0, 0.05) is 62.5 Å². The van der Waals surface area contributed by atoms with E-state index in [-0.39, 0.29) is 34.5 Å². The van der Waals surface area contributed by atoms with Crippen LogP contribution in [-0.2, 0) is 14.4 Å². The highest BCUT2D eigenvalue weighted by Gasteiger charge is 2.40. The van der Waals surface area contributed by atoms with E-state index < -0.39 is 0 Å². The van der Waals surface area contributed by atoms with Crippen LogP contribution in [0.2, 0.25) is 0 Å². The van der Waals surface area contributed by atoms with Crippen LogP contribution >= 0.6 is 0 Å². The molecular formula is C30H34N4O4. The summed E-state index contributed by atoms with van der Waals surface area (Å²) in [5.41, 5.74) is 6.04. The van der Waals surface area contributed by atoms with Crippen LogP contribution in [0.5, 0.6) is 0 Å². The predicted molar refractivity (Wildman–Crippen MR) is 149 cm³/mol. The maximum atomic E-state index is 13.6. The SMILES string of the molecule is CC(=O)N=C1C=C(N2CCCC2)C(C)=CC1=C1C(=O)C(c2cc(C)c(N3CCCC3)cc2NC(C)=O)=C1O. The highest BCUT2D eigenvalue weighted by atomic mass is 16.3. The Morgan fingerprint density at radius 1 is 0.921 bits per heavy atom. The molecule has 2 fully saturated rings. The number of rotatable bonds is 4. The number of ketones is 1. The number of anilines is 2. The van der Waals surface area contributed by atoms with Gasteiger partial charge in [-0.3, -0.25) is 14.4 Å². The number of carbonyl (C=O) groups excluding carboxylic acids is 3. The van der Waals surface area contributed by atoms with Gasteiger partial charge in [0.25, 0.3) is 0 Å². The lowest BCUT2D eigenvalue weighted by Crippen LogP contribution is -2.28. The van der Waals surface area contributed by atoms with Crippen molar-refractivity contribution in [2.45, 2.75) is 53.4 Å². The van der Waals surface area contributed by atoms with E-state index in [1.165, 1.54) is 13.8 Å². The Hall–Kier alpha value is -3.94. The van der Waals surface area contributed by atoms with Gasteiger partial charge in [0.15, 0.2) is 0 Å². The standard InChI is InChI=1S/C30H34N4O4/c1-17-13-21(23(31-19(3)35)15-25(17)33-9-5-6-10-33)27-29(37)28(30(27)38)22-14-18(2)26(34-11-7-8-12-34)16-24(22)32-20(4)36/h13-16,37H,5-12H2,1-4H3,(H,31,35). The molecule has 2 aliphatic carbocycles. The largest absolute Gasteiger partial charge is 0.506 e. The fourth-order valence-corrected chi connectivity index (χ4v) is 5.84. The molecule has 0 spiro atoms. The van der Waals surface area contributed by atoms with Gasteiger partial charge in [0.05, 0.1) is 22.5 Å². The van der Waals surface area contributed by atoms with Crippen molar-refractivity contribution in [2.75, 3.05) is 36.4 Å². The van der Waals surface area contributed by atoms with Crippen molar-refractivity contribution in [2.24, 2.45) is 4.99 Å². The smallest absolute Gasteiger partial charge is 0.243 e. The molecule has 5 rings (SSSR count). The summed E-state index contributed by atoms with van der Waals surface area (Å²) in [6, 6.07) is 3.76. The first-order valence-corrected chi connectivity index (χ1v) is 13.3. The second-order valence-corrected chi connectivity index (χ2v) is 10.5. The van der Waals surface area contributed by atoms with Gasteiger partial charge in [-0.25, -0.2) is 4.99 Å². The van der Waals surface area contributed by atoms with E-state index in [0.29, 0.717) is 22.5 Å². The second-order valence-electron chi connectivity index (χ2n) is 10.5. The molecule has 2 N–H and O–H groups in total. The van der Waals surface area contributed by atoms with Gasteiger partial charge >= 0.3 is 0 Å². The van der Waals surface area contributed by atoms with Gasteiger partial charge in [-0.2, -0.15) is 0 Å². The summed E-state index contributed by atoms with van der Waals surface area (Å²) in [6.07, 6.45) is 8.13. The number of carbonyl (C=O) groups is 3. The molecule has 38 heavy (non-hydrogen) atoms. The van der Waals surface area contributed by atoms with Crippen molar-refractivity contribution < 1.29 is 19.5 Å². The van der Waals surface area contributed by atoms with Crippen molar-refractivity contribution in [3.63, 3.8) is 0 Å². The summed E-state index contributed by atoms with van der Waals surface area (Å²) in [6.45, 7) is 10.5. The van der Waals surface area contributed by atoms with Crippen molar-refractivity contribution in [1.29, 1.82) is 0 Å². The van der Waals surface area contributed by atoms with Gasteiger partial charge in [-0.15, -0.1) is 0 Å². The normalized spacial score (nSPS) is 22.6. The van der Waals surface area contributed by atoms with Gasteiger partial charge in [0.2, 0.25) is 17.6 Å². The number of aliphatic hydroxyl groups excluding tert-OH is 1. The molecule has 8 nitrogen and oxygen atoms in total. The van der Waals surface area contributed by atoms with E-state index in [1.807, 2.05) is 38.1 Å². The average molecular weight is 515 g/mol. The first-order valence-electron chi connectivity index (χ1n) is 13.3. The number of aryl methyl sites for hydroxylation is 1. The number of aliphatic hydroxyl groups is 1. The molecule has 8 heteroatoms. The average Bonchev–Trinajstić information content (AvgIpc) is 3.57.